The molecule has 2 rings (SSSR count). The van der Waals surface area contributed by atoms with Crippen LogP contribution in [0, 0.1) is 0 Å². The van der Waals surface area contributed by atoms with Crippen LogP contribution < -0.4 is 0 Å². The number of ketones is 1. The fourth-order valence-electron chi connectivity index (χ4n) is 1.78. The molecule has 2 aromatic rings. The summed E-state index contributed by atoms with van der Waals surface area (Å²) in [6.07, 6.45) is 0. The zero-order valence-corrected chi connectivity index (χ0v) is 12.2. The predicted octanol–water partition coefficient (Wildman–Crippen LogP) is 4.10. The van der Waals surface area contributed by atoms with Crippen LogP contribution in [0.1, 0.15) is 15.9 Å². The van der Waals surface area contributed by atoms with Crippen molar-refractivity contribution in [3.05, 3.63) is 77.4 Å². The molecule has 20 heavy (non-hydrogen) atoms. The Kier molecular flexibility index (Phi) is 4.71. The molecule has 0 amide bonds. The topological polar surface area (TPSA) is 37.3 Å². The van der Waals surface area contributed by atoms with Gasteiger partial charge in [-0.05, 0) is 0 Å². The smallest absolute Gasteiger partial charge is 0.198 e. The maximum atomic E-state index is 12.4. The van der Waals surface area contributed by atoms with Crippen molar-refractivity contribution < 1.29 is 9.90 Å². The van der Waals surface area contributed by atoms with Crippen LogP contribution in [-0.4, -0.2) is 15.1 Å². The molecule has 0 aliphatic heterocycles. The molecule has 0 saturated carbocycles. The molecular weight excluding hydrogens is 288 g/mol. The van der Waals surface area contributed by atoms with Gasteiger partial charge in [0.15, 0.2) is 5.78 Å². The van der Waals surface area contributed by atoms with Crippen molar-refractivity contribution in [3.8, 4) is 0 Å². The first-order chi connectivity index (χ1) is 9.61. The minimum absolute atomic E-state index is 0.0423. The molecule has 2 aromatic carbocycles. The van der Waals surface area contributed by atoms with Crippen LogP contribution in [0.4, 0.5) is 0 Å². The van der Waals surface area contributed by atoms with Crippen LogP contribution in [0.15, 0.2) is 66.2 Å². The number of thiocarbonyl (C=S) groups is 1. The number of benzene rings is 2. The molecule has 2 nitrogen and oxygen atoms in total. The van der Waals surface area contributed by atoms with E-state index in [9.17, 15) is 9.90 Å². The molecule has 1 N–H and O–H groups in total. The Morgan fingerprint density at radius 3 is 1.80 bits per heavy atom. The number of thiol groups is 1. The van der Waals surface area contributed by atoms with Gasteiger partial charge in [0.1, 0.15) is 5.76 Å². The molecule has 0 aliphatic carbocycles. The summed E-state index contributed by atoms with van der Waals surface area (Å²) < 4.78 is 0.0696. The zero-order chi connectivity index (χ0) is 14.5. The minimum atomic E-state index is -0.341. The third-order valence-corrected chi connectivity index (χ3v) is 3.19. The van der Waals surface area contributed by atoms with Gasteiger partial charge in [-0.1, -0.05) is 72.9 Å². The average molecular weight is 300 g/mol. The molecule has 0 radical (unpaired) electrons. The summed E-state index contributed by atoms with van der Waals surface area (Å²) in [6.45, 7) is 0. The summed E-state index contributed by atoms with van der Waals surface area (Å²) in [5.74, 6) is -0.494. The Balaban J connectivity index is 2.53. The first-order valence-electron chi connectivity index (χ1n) is 5.93. The van der Waals surface area contributed by atoms with E-state index in [1.165, 1.54) is 0 Å². The van der Waals surface area contributed by atoms with Gasteiger partial charge >= 0.3 is 0 Å². The molecular formula is C16H12O2S2. The highest BCUT2D eigenvalue weighted by Crippen LogP contribution is 2.22. The monoisotopic (exact) mass is 300 g/mol. The van der Waals surface area contributed by atoms with Gasteiger partial charge in [0.2, 0.25) is 0 Å². The third-order valence-electron chi connectivity index (χ3n) is 2.76. The number of Topliss-reactive ketones (excluding diaryl/α,β-unsaturated/α-hetero) is 1. The van der Waals surface area contributed by atoms with Crippen LogP contribution >= 0.6 is 24.8 Å². The summed E-state index contributed by atoms with van der Waals surface area (Å²) in [5.41, 5.74) is 1.03. The molecule has 0 heterocycles. The molecule has 0 unspecified atom stereocenters. The van der Waals surface area contributed by atoms with Gasteiger partial charge < -0.3 is 5.11 Å². The lowest BCUT2D eigenvalue weighted by Gasteiger charge is -2.09. The highest BCUT2D eigenvalue weighted by atomic mass is 32.1. The van der Waals surface area contributed by atoms with Gasteiger partial charge in [-0.25, -0.2) is 0 Å². The minimum Gasteiger partial charge on any atom is -0.506 e. The van der Waals surface area contributed by atoms with E-state index in [1.807, 2.05) is 12.1 Å². The number of hydrogen-bond acceptors (Lipinski definition) is 3. The maximum absolute atomic E-state index is 12.4. The third kappa shape index (κ3) is 3.15. The predicted molar refractivity (Wildman–Crippen MR) is 88.3 cm³/mol. The second kappa shape index (κ2) is 6.50. The van der Waals surface area contributed by atoms with E-state index in [1.54, 1.807) is 48.5 Å². The van der Waals surface area contributed by atoms with E-state index in [0.717, 1.165) is 0 Å². The Hall–Kier alpha value is -1.91. The fraction of sp³-hybridized carbons (Fsp3) is 0. The second-order valence-electron chi connectivity index (χ2n) is 4.09. The van der Waals surface area contributed by atoms with Gasteiger partial charge in [0.05, 0.1) is 9.77 Å². The second-order valence-corrected chi connectivity index (χ2v) is 5.25. The van der Waals surface area contributed by atoms with Gasteiger partial charge in [-0.15, -0.1) is 12.6 Å². The summed E-state index contributed by atoms with van der Waals surface area (Å²) in [7, 11) is 0. The van der Waals surface area contributed by atoms with Crippen LogP contribution in [0.2, 0.25) is 0 Å². The molecule has 0 aromatic heterocycles. The molecule has 0 aliphatic rings. The number of carbonyl (C=O) groups is 1. The van der Waals surface area contributed by atoms with Crippen molar-refractivity contribution in [1.29, 1.82) is 0 Å². The largest absolute Gasteiger partial charge is 0.506 e. The van der Waals surface area contributed by atoms with E-state index in [0.29, 0.717) is 11.1 Å². The van der Waals surface area contributed by atoms with E-state index in [4.69, 9.17) is 12.2 Å². The van der Waals surface area contributed by atoms with E-state index in [2.05, 4.69) is 12.6 Å². The van der Waals surface area contributed by atoms with Gasteiger partial charge in [-0.2, -0.15) is 0 Å². The standard InChI is InChI=1S/C16H12O2S2/c17-14(11-7-3-1-4-8-11)13(16(19)20)15(18)12-9-5-2-6-10-12/h1-10,17H,(H,19,20)/b14-13+. The summed E-state index contributed by atoms with van der Waals surface area (Å²) in [6, 6.07) is 17.5. The van der Waals surface area contributed by atoms with E-state index < -0.39 is 0 Å². The Morgan fingerprint density at radius 1 is 0.900 bits per heavy atom. The van der Waals surface area contributed by atoms with Crippen LogP contribution in [0.5, 0.6) is 0 Å². The number of aliphatic hydroxyl groups excluding tert-OH is 1. The van der Waals surface area contributed by atoms with Gasteiger partial charge in [-0.3, -0.25) is 4.79 Å². The molecule has 0 fully saturated rings. The van der Waals surface area contributed by atoms with Crippen molar-refractivity contribution in [2.45, 2.75) is 0 Å². The fourth-order valence-corrected chi connectivity index (χ4v) is 2.18. The van der Waals surface area contributed by atoms with Crippen LogP contribution in [0.25, 0.3) is 5.76 Å². The summed E-state index contributed by atoms with van der Waals surface area (Å²) in [4.78, 5) is 12.4. The zero-order valence-electron chi connectivity index (χ0n) is 10.5. The van der Waals surface area contributed by atoms with Crippen molar-refractivity contribution in [1.82, 2.24) is 0 Å². The molecule has 4 heteroatoms. The Labute approximate surface area is 128 Å². The average Bonchev–Trinajstić information content (AvgIpc) is 2.48. The lowest BCUT2D eigenvalue weighted by molar-refractivity contribution is 0.104. The molecule has 0 spiro atoms. The Morgan fingerprint density at radius 2 is 1.35 bits per heavy atom. The quantitative estimate of drug-likeness (QED) is 0.293. The lowest BCUT2D eigenvalue weighted by Crippen LogP contribution is -2.11. The first kappa shape index (κ1) is 14.5. The normalized spacial score (nSPS) is 11.7. The summed E-state index contributed by atoms with van der Waals surface area (Å²) in [5, 5.41) is 10.3. The van der Waals surface area contributed by atoms with E-state index in [-0.39, 0.29) is 21.3 Å². The number of rotatable bonds is 4. The lowest BCUT2D eigenvalue weighted by atomic mass is 10.0. The number of carbonyl (C=O) groups excluding carboxylic acids is 1. The molecule has 0 saturated heterocycles. The van der Waals surface area contributed by atoms with Crippen LogP contribution in [-0.2, 0) is 0 Å². The number of aliphatic hydroxyl groups is 1. The molecule has 0 atom stereocenters. The van der Waals surface area contributed by atoms with Crippen molar-refractivity contribution in [2.24, 2.45) is 0 Å². The van der Waals surface area contributed by atoms with Crippen molar-refractivity contribution in [2.75, 3.05) is 0 Å². The highest BCUT2D eigenvalue weighted by Gasteiger charge is 2.20. The molecule has 100 valence electrons. The highest BCUT2D eigenvalue weighted by molar-refractivity contribution is 8.12. The van der Waals surface area contributed by atoms with E-state index >= 15 is 0 Å². The maximum Gasteiger partial charge on any atom is 0.198 e. The van der Waals surface area contributed by atoms with Crippen LogP contribution in [0.3, 0.4) is 0 Å². The SMILES string of the molecule is O=C(/C(C(=S)S)=C(\O)c1ccccc1)c1ccccc1. The first-order valence-corrected chi connectivity index (χ1v) is 6.78. The van der Waals surface area contributed by atoms with Crippen molar-refractivity contribution in [3.63, 3.8) is 0 Å². The molecule has 0 bridgehead atoms. The van der Waals surface area contributed by atoms with Gasteiger partial charge in [0, 0.05) is 11.1 Å². The summed E-state index contributed by atoms with van der Waals surface area (Å²) >= 11 is 9.06. The Bertz CT molecular complexity index is 661. The van der Waals surface area contributed by atoms with Gasteiger partial charge in [0.25, 0.3) is 0 Å². The van der Waals surface area contributed by atoms with Crippen molar-refractivity contribution >= 4 is 40.6 Å². The number of hydrogen-bond donors (Lipinski definition) is 2.